The van der Waals surface area contributed by atoms with Gasteiger partial charge >= 0.3 is 0 Å². The molecule has 9 N–H and O–H groups in total. The molecule has 5 aromatic rings. The van der Waals surface area contributed by atoms with Crippen molar-refractivity contribution < 1.29 is 50.1 Å². The Labute approximate surface area is 247 Å². The van der Waals surface area contributed by atoms with Gasteiger partial charge in [-0.2, -0.15) is 0 Å². The number of imide groups is 1. The lowest BCUT2D eigenvalue weighted by atomic mass is 9.96. The number of aromatic hydroxyl groups is 1. The van der Waals surface area contributed by atoms with Gasteiger partial charge in [0.2, 0.25) is 0 Å². The number of nitrogens with one attached hydrogen (secondary N) is 2. The first-order chi connectivity index (χ1) is 21.1. The number of aromatic nitrogens is 2. The number of H-pyrrole nitrogens is 1. The summed E-state index contributed by atoms with van der Waals surface area (Å²) < 4.78 is 7.59. The molecular formula is C30H30N4O10. The molecule has 44 heavy (non-hydrogen) atoms. The van der Waals surface area contributed by atoms with Gasteiger partial charge in [-0.1, -0.05) is 12.1 Å². The molecule has 0 aliphatic carbocycles. The van der Waals surface area contributed by atoms with Crippen LogP contribution in [-0.4, -0.2) is 112 Å². The Morgan fingerprint density at radius 3 is 2.27 bits per heavy atom. The van der Waals surface area contributed by atoms with E-state index in [2.05, 4.69) is 10.4 Å². The number of benzene rings is 3. The van der Waals surface area contributed by atoms with Gasteiger partial charge in [0.05, 0.1) is 59.1 Å². The van der Waals surface area contributed by atoms with E-state index in [1.54, 1.807) is 22.8 Å². The molecule has 230 valence electrons. The van der Waals surface area contributed by atoms with E-state index in [-0.39, 0.29) is 16.9 Å². The highest BCUT2D eigenvalue weighted by Gasteiger charge is 2.47. The van der Waals surface area contributed by atoms with Gasteiger partial charge in [0.1, 0.15) is 30.2 Å². The Hall–Kier alpha value is -4.12. The maximum atomic E-state index is 14.1. The summed E-state index contributed by atoms with van der Waals surface area (Å²) in [7, 11) is 0. The third-order valence-corrected chi connectivity index (χ3v) is 8.64. The van der Waals surface area contributed by atoms with Crippen LogP contribution in [0.4, 0.5) is 0 Å². The number of rotatable bonds is 6. The number of phenolic OH excluding ortho intramolecular Hbond substituents is 1. The maximum absolute atomic E-state index is 14.1. The number of hydrazine groups is 1. The normalized spacial score (nSPS) is 24.2. The summed E-state index contributed by atoms with van der Waals surface area (Å²) in [6.07, 6.45) is -7.55. The predicted octanol–water partition coefficient (Wildman–Crippen LogP) is -0.131. The molecule has 1 fully saturated rings. The Balaban J connectivity index is 1.65. The number of aliphatic hydroxyl groups excluding tert-OH is 6. The van der Waals surface area contributed by atoms with Gasteiger partial charge in [0.15, 0.2) is 6.23 Å². The van der Waals surface area contributed by atoms with E-state index >= 15 is 0 Å². The van der Waals surface area contributed by atoms with E-state index in [0.29, 0.717) is 43.6 Å². The number of carbonyl (C=O) groups is 2. The number of aromatic amines is 1. The summed E-state index contributed by atoms with van der Waals surface area (Å²) in [4.78, 5) is 31.4. The van der Waals surface area contributed by atoms with Crippen LogP contribution in [0.2, 0.25) is 0 Å². The van der Waals surface area contributed by atoms with Crippen LogP contribution >= 0.6 is 0 Å². The van der Waals surface area contributed by atoms with Crippen LogP contribution in [0.25, 0.3) is 43.6 Å². The average Bonchev–Trinajstić information content (AvgIpc) is 3.62. The molecule has 0 saturated carbocycles. The van der Waals surface area contributed by atoms with Crippen molar-refractivity contribution in [3.8, 4) is 5.75 Å². The van der Waals surface area contributed by atoms with E-state index in [4.69, 9.17) is 4.74 Å². The van der Waals surface area contributed by atoms with Crippen LogP contribution in [0.15, 0.2) is 36.4 Å². The summed E-state index contributed by atoms with van der Waals surface area (Å²) in [5, 5.41) is 74.4. The molecule has 14 nitrogen and oxygen atoms in total. The minimum Gasteiger partial charge on any atom is -0.508 e. The zero-order valence-electron chi connectivity index (χ0n) is 23.3. The number of aliphatic hydroxyl groups is 6. The highest BCUT2D eigenvalue weighted by molar-refractivity contribution is 6.39. The summed E-state index contributed by atoms with van der Waals surface area (Å²) in [6, 6.07) is 8.83. The van der Waals surface area contributed by atoms with E-state index in [0.717, 1.165) is 10.6 Å². The third kappa shape index (κ3) is 3.84. The molecular weight excluding hydrogens is 576 g/mol. The fourth-order valence-corrected chi connectivity index (χ4v) is 6.53. The van der Waals surface area contributed by atoms with Gasteiger partial charge in [-0.15, -0.1) is 0 Å². The molecule has 2 aliphatic rings. The predicted molar refractivity (Wildman–Crippen MR) is 156 cm³/mol. The molecule has 5 atom stereocenters. The number of hydrogen-bond acceptors (Lipinski definition) is 11. The topological polar surface area (TPSA) is 221 Å². The SMILES string of the molecule is Cc1ccc2c3c4c(c5c6ccc(O)cc6[nH]c5c3n([C@@H]3O[C@H](CO)[C@@H](O)[C@H](O)[C@H]3O)c2c1)C(=O)N(NC(CO)CO)C4=O. The van der Waals surface area contributed by atoms with Crippen LogP contribution in [0.3, 0.4) is 0 Å². The van der Waals surface area contributed by atoms with Crippen molar-refractivity contribution in [2.45, 2.75) is 43.6 Å². The summed E-state index contributed by atoms with van der Waals surface area (Å²) in [5.41, 5.74) is 5.08. The van der Waals surface area contributed by atoms with Crippen molar-refractivity contribution in [1.29, 1.82) is 0 Å². The number of nitrogens with zero attached hydrogens (tertiary/aromatic N) is 2. The monoisotopic (exact) mass is 606 g/mol. The standard InChI is InChI=1S/C30H30N4O10/c1-11-2-4-15-17(6-11)33(30-27(41)26(40)25(39)18(10-37)44-30)24-20(15)22-21(28(42)34(29(22)43)32-12(8-35)9-36)19-14-5-3-13(38)7-16(14)31-23(19)24/h2-7,12,18,25-27,30-32,35-41H,8-10H2,1H3/t18-,25-,26+,27-,30-/m1/s1. The lowest BCUT2D eigenvalue weighted by molar-refractivity contribution is -0.249. The van der Waals surface area contributed by atoms with Crippen molar-refractivity contribution >= 4 is 55.4 Å². The van der Waals surface area contributed by atoms with Gasteiger partial charge < -0.3 is 50.0 Å². The minimum atomic E-state index is -1.69. The van der Waals surface area contributed by atoms with Gasteiger partial charge in [-0.25, -0.2) is 10.4 Å². The summed E-state index contributed by atoms with van der Waals surface area (Å²) in [5.74, 6) is -1.52. The van der Waals surface area contributed by atoms with Crippen LogP contribution in [0.1, 0.15) is 32.5 Å². The fourth-order valence-electron chi connectivity index (χ4n) is 6.53. The maximum Gasteiger partial charge on any atom is 0.276 e. The molecule has 0 unspecified atom stereocenters. The first-order valence-electron chi connectivity index (χ1n) is 14.0. The second-order valence-corrected chi connectivity index (χ2v) is 11.3. The summed E-state index contributed by atoms with van der Waals surface area (Å²) >= 11 is 0. The molecule has 7 rings (SSSR count). The lowest BCUT2D eigenvalue weighted by Crippen LogP contribution is -2.56. The highest BCUT2D eigenvalue weighted by atomic mass is 16.6. The molecule has 0 spiro atoms. The Morgan fingerprint density at radius 1 is 0.909 bits per heavy atom. The number of phenols is 1. The number of carbonyl (C=O) groups excluding carboxylic acids is 2. The molecule has 3 aromatic carbocycles. The Bertz CT molecular complexity index is 1990. The number of fused-ring (bicyclic) bond motifs is 10. The Kier molecular flexibility index (Phi) is 6.65. The zero-order chi connectivity index (χ0) is 31.2. The molecule has 4 heterocycles. The van der Waals surface area contributed by atoms with E-state index in [9.17, 15) is 45.3 Å². The van der Waals surface area contributed by atoms with Crippen molar-refractivity contribution in [1.82, 2.24) is 20.0 Å². The van der Waals surface area contributed by atoms with Crippen molar-refractivity contribution in [3.63, 3.8) is 0 Å². The lowest BCUT2D eigenvalue weighted by Gasteiger charge is -2.41. The van der Waals surface area contributed by atoms with Gasteiger partial charge in [0, 0.05) is 27.6 Å². The third-order valence-electron chi connectivity index (χ3n) is 8.64. The molecule has 0 bridgehead atoms. The van der Waals surface area contributed by atoms with Crippen LogP contribution in [0.5, 0.6) is 5.75 Å². The number of ether oxygens (including phenoxy) is 1. The van der Waals surface area contributed by atoms with Crippen LogP contribution < -0.4 is 5.43 Å². The van der Waals surface area contributed by atoms with E-state index < -0.39 is 68.3 Å². The molecule has 2 amide bonds. The smallest absolute Gasteiger partial charge is 0.276 e. The average molecular weight is 607 g/mol. The second kappa shape index (κ2) is 10.2. The highest BCUT2D eigenvalue weighted by Crippen LogP contribution is 2.47. The minimum absolute atomic E-state index is 0.0193. The number of amides is 2. The zero-order valence-corrected chi connectivity index (χ0v) is 23.3. The molecule has 2 aromatic heterocycles. The van der Waals surface area contributed by atoms with Crippen molar-refractivity contribution in [2.24, 2.45) is 0 Å². The van der Waals surface area contributed by atoms with Crippen LogP contribution in [-0.2, 0) is 4.74 Å². The van der Waals surface area contributed by atoms with Gasteiger partial charge in [-0.3, -0.25) is 9.59 Å². The van der Waals surface area contributed by atoms with Crippen molar-refractivity contribution in [2.75, 3.05) is 19.8 Å². The van der Waals surface area contributed by atoms with Crippen LogP contribution in [0, 0.1) is 6.92 Å². The first kappa shape index (κ1) is 28.6. The largest absolute Gasteiger partial charge is 0.508 e. The van der Waals surface area contributed by atoms with Gasteiger partial charge in [0.25, 0.3) is 11.8 Å². The number of hydrogen-bond donors (Lipinski definition) is 9. The van der Waals surface area contributed by atoms with E-state index in [1.165, 1.54) is 12.1 Å². The quantitative estimate of drug-likeness (QED) is 0.116. The molecule has 1 saturated heterocycles. The number of aryl methyl sites for hydroxylation is 1. The Morgan fingerprint density at radius 2 is 1.59 bits per heavy atom. The first-order valence-corrected chi connectivity index (χ1v) is 14.0. The van der Waals surface area contributed by atoms with Crippen molar-refractivity contribution in [3.05, 3.63) is 53.1 Å². The molecule has 2 aliphatic heterocycles. The fraction of sp³-hybridized carbons (Fsp3) is 0.333. The van der Waals surface area contributed by atoms with Gasteiger partial charge in [-0.05, 0) is 30.7 Å². The molecule has 0 radical (unpaired) electrons. The summed E-state index contributed by atoms with van der Waals surface area (Å²) in [6.45, 7) is 0.0663. The van der Waals surface area contributed by atoms with E-state index in [1.807, 2.05) is 13.0 Å². The molecule has 14 heteroatoms. The second-order valence-electron chi connectivity index (χ2n) is 11.3.